The Morgan fingerprint density at radius 3 is 2.03 bits per heavy atom. The van der Waals surface area contributed by atoms with Gasteiger partial charge in [0.1, 0.15) is 5.60 Å². The molecule has 2 rings (SSSR count). The van der Waals surface area contributed by atoms with Crippen LogP contribution in [0.2, 0.25) is 0 Å². The van der Waals surface area contributed by atoms with E-state index >= 15 is 0 Å². The molecule has 0 saturated carbocycles. The third kappa shape index (κ3) is 4.75. The molecule has 1 aliphatic heterocycles. The van der Waals surface area contributed by atoms with Gasteiger partial charge in [-0.2, -0.15) is 0 Å². The third-order valence-corrected chi connectivity index (χ3v) is 5.38. The van der Waals surface area contributed by atoms with E-state index < -0.39 is 36.0 Å². The van der Waals surface area contributed by atoms with Crippen LogP contribution in [0.25, 0.3) is 0 Å². The van der Waals surface area contributed by atoms with Crippen LogP contribution >= 0.6 is 0 Å². The maximum Gasteiger partial charge on any atom is 0.495 e. The number of hydrogen-bond donors (Lipinski definition) is 0. The first-order valence-corrected chi connectivity index (χ1v) is 9.65. The van der Waals surface area contributed by atoms with Crippen LogP contribution in [0.15, 0.2) is 12.1 Å². The first-order chi connectivity index (χ1) is 13.1. The van der Waals surface area contributed by atoms with Crippen molar-refractivity contribution in [1.29, 1.82) is 0 Å². The molecule has 7 nitrogen and oxygen atoms in total. The number of ether oxygens (including phenoxy) is 2. The Morgan fingerprint density at radius 2 is 1.59 bits per heavy atom. The molecule has 8 heteroatoms. The summed E-state index contributed by atoms with van der Waals surface area (Å²) >= 11 is 0. The van der Waals surface area contributed by atoms with E-state index in [2.05, 4.69) is 0 Å². The molecule has 160 valence electrons. The van der Waals surface area contributed by atoms with Crippen LogP contribution in [0.1, 0.15) is 64.4 Å². The van der Waals surface area contributed by atoms with Crippen molar-refractivity contribution in [1.82, 2.24) is 0 Å². The normalized spacial score (nSPS) is 17.8. The number of rotatable bonds is 3. The predicted molar refractivity (Wildman–Crippen MR) is 113 cm³/mol. The fourth-order valence-corrected chi connectivity index (χ4v) is 2.95. The second-order valence-electron chi connectivity index (χ2n) is 9.33. The quantitative estimate of drug-likeness (QED) is 0.567. The van der Waals surface area contributed by atoms with Gasteiger partial charge in [-0.25, -0.2) is 9.59 Å². The van der Waals surface area contributed by atoms with Gasteiger partial charge in [0.15, 0.2) is 0 Å². The molecule has 1 aliphatic rings. The zero-order valence-corrected chi connectivity index (χ0v) is 19.1. The van der Waals surface area contributed by atoms with Gasteiger partial charge in [-0.3, -0.25) is 4.90 Å². The van der Waals surface area contributed by atoms with E-state index in [4.69, 9.17) is 18.8 Å². The topological polar surface area (TPSA) is 74.3 Å². The Kier molecular flexibility index (Phi) is 6.13. The van der Waals surface area contributed by atoms with Gasteiger partial charge in [0.25, 0.3) is 0 Å². The molecule has 0 radical (unpaired) electrons. The number of amides is 1. The zero-order valence-electron chi connectivity index (χ0n) is 19.1. The van der Waals surface area contributed by atoms with Gasteiger partial charge in [-0.15, -0.1) is 0 Å². The van der Waals surface area contributed by atoms with Crippen LogP contribution in [0.5, 0.6) is 0 Å². The van der Waals surface area contributed by atoms with Crippen LogP contribution in [0.3, 0.4) is 0 Å². The van der Waals surface area contributed by atoms with E-state index in [1.54, 1.807) is 40.0 Å². The van der Waals surface area contributed by atoms with Crippen molar-refractivity contribution in [3.8, 4) is 0 Å². The van der Waals surface area contributed by atoms with Crippen molar-refractivity contribution in [2.24, 2.45) is 0 Å². The number of methoxy groups -OCH3 is 1. The molecule has 0 aromatic heterocycles. The molecule has 0 N–H and O–H groups in total. The minimum Gasteiger partial charge on any atom is -0.465 e. The molecule has 1 amide bonds. The van der Waals surface area contributed by atoms with Crippen molar-refractivity contribution in [2.45, 2.75) is 72.2 Å². The summed E-state index contributed by atoms with van der Waals surface area (Å²) in [5, 5.41) is 0. The summed E-state index contributed by atoms with van der Waals surface area (Å²) in [4.78, 5) is 26.3. The fraction of sp³-hybridized carbons (Fsp3) is 0.619. The van der Waals surface area contributed by atoms with E-state index in [9.17, 15) is 9.59 Å². The van der Waals surface area contributed by atoms with Crippen LogP contribution in [0, 0.1) is 6.92 Å². The van der Waals surface area contributed by atoms with Crippen LogP contribution in [0.4, 0.5) is 10.5 Å². The van der Waals surface area contributed by atoms with Crippen molar-refractivity contribution in [3.63, 3.8) is 0 Å². The lowest BCUT2D eigenvalue weighted by atomic mass is 9.75. The Bertz CT molecular complexity index is 796. The largest absolute Gasteiger partial charge is 0.495 e. The summed E-state index contributed by atoms with van der Waals surface area (Å²) < 4.78 is 22.7. The van der Waals surface area contributed by atoms with Crippen molar-refractivity contribution in [3.05, 3.63) is 23.3 Å². The minimum atomic E-state index is -0.685. The molecule has 0 bridgehead atoms. The summed E-state index contributed by atoms with van der Waals surface area (Å²) in [6, 6.07) is 3.30. The van der Waals surface area contributed by atoms with Crippen molar-refractivity contribution >= 4 is 30.3 Å². The summed E-state index contributed by atoms with van der Waals surface area (Å²) in [5.74, 6) is -0.512. The average Bonchev–Trinajstić information content (AvgIpc) is 2.79. The summed E-state index contributed by atoms with van der Waals surface area (Å²) in [5.41, 5.74) is 0.514. The van der Waals surface area contributed by atoms with E-state index in [1.165, 1.54) is 12.0 Å². The Balaban J connectivity index is 2.55. The second-order valence-corrected chi connectivity index (χ2v) is 9.33. The number of anilines is 1. The Morgan fingerprint density at radius 1 is 1.07 bits per heavy atom. The minimum absolute atomic E-state index is 0.299. The number of carbonyl (C=O) groups is 2. The van der Waals surface area contributed by atoms with Crippen LogP contribution in [-0.2, 0) is 18.8 Å². The second kappa shape index (κ2) is 7.65. The van der Waals surface area contributed by atoms with E-state index in [0.29, 0.717) is 16.7 Å². The lowest BCUT2D eigenvalue weighted by Crippen LogP contribution is -2.41. The lowest BCUT2D eigenvalue weighted by molar-refractivity contribution is 0.00578. The monoisotopic (exact) mass is 405 g/mol. The highest BCUT2D eigenvalue weighted by Crippen LogP contribution is 2.37. The van der Waals surface area contributed by atoms with Gasteiger partial charge in [0.2, 0.25) is 0 Å². The molecular formula is C21H32BNO6. The van der Waals surface area contributed by atoms with Gasteiger partial charge >= 0.3 is 19.2 Å². The van der Waals surface area contributed by atoms with Gasteiger partial charge in [-0.1, -0.05) is 0 Å². The lowest BCUT2D eigenvalue weighted by Gasteiger charge is -2.32. The molecule has 1 saturated heterocycles. The summed E-state index contributed by atoms with van der Waals surface area (Å²) in [7, 11) is 2.23. The summed E-state index contributed by atoms with van der Waals surface area (Å²) in [6.07, 6.45) is -0.525. The van der Waals surface area contributed by atoms with E-state index in [0.717, 1.165) is 5.56 Å². The molecule has 1 heterocycles. The molecule has 1 aromatic rings. The molecule has 29 heavy (non-hydrogen) atoms. The highest BCUT2D eigenvalue weighted by atomic mass is 16.7. The number of nitrogens with zero attached hydrogens (tertiary/aromatic N) is 1. The maximum atomic E-state index is 12.6. The molecular weight excluding hydrogens is 373 g/mol. The maximum absolute atomic E-state index is 12.6. The molecule has 0 unspecified atom stereocenters. The van der Waals surface area contributed by atoms with Crippen LogP contribution < -0.4 is 10.4 Å². The van der Waals surface area contributed by atoms with E-state index in [-0.39, 0.29) is 0 Å². The average molecular weight is 405 g/mol. The highest BCUT2D eigenvalue weighted by molar-refractivity contribution is 6.63. The number of carbonyl (C=O) groups excluding carboxylic acids is 2. The Labute approximate surface area is 173 Å². The van der Waals surface area contributed by atoms with Crippen LogP contribution in [-0.4, -0.2) is 50.1 Å². The molecule has 1 aromatic carbocycles. The van der Waals surface area contributed by atoms with Gasteiger partial charge < -0.3 is 18.8 Å². The number of esters is 1. The van der Waals surface area contributed by atoms with E-state index in [1.807, 2.05) is 34.6 Å². The number of hydrogen-bond acceptors (Lipinski definition) is 6. The highest BCUT2D eigenvalue weighted by Gasteiger charge is 2.52. The first-order valence-electron chi connectivity index (χ1n) is 9.65. The molecule has 0 spiro atoms. The fourth-order valence-electron chi connectivity index (χ4n) is 2.95. The van der Waals surface area contributed by atoms with Gasteiger partial charge in [-0.05, 0) is 78.5 Å². The Hall–Kier alpha value is -2.06. The van der Waals surface area contributed by atoms with Gasteiger partial charge in [0, 0.05) is 7.05 Å². The predicted octanol–water partition coefficient (Wildman–Crippen LogP) is 3.45. The third-order valence-electron chi connectivity index (χ3n) is 5.38. The summed E-state index contributed by atoms with van der Waals surface area (Å²) in [6.45, 7) is 15.1. The van der Waals surface area contributed by atoms with Gasteiger partial charge in [0.05, 0.1) is 29.6 Å². The standard InChI is InChI=1S/C21H32BNO6/c1-13-15(22-28-20(5,6)21(7,8)29-22)11-14(17(24)26-10)12-16(13)23(9)18(25)27-19(2,3)4/h11-12H,1-10H3. The molecule has 0 atom stereocenters. The molecule has 1 fully saturated rings. The molecule has 0 aliphatic carbocycles. The SMILES string of the molecule is COC(=O)c1cc(B2OC(C)(C)C(C)(C)O2)c(C)c(N(C)C(=O)OC(C)(C)C)c1. The number of benzene rings is 1. The first kappa shape index (κ1) is 23.2. The van der Waals surface area contributed by atoms with Crippen molar-refractivity contribution in [2.75, 3.05) is 19.1 Å². The van der Waals surface area contributed by atoms with Crippen molar-refractivity contribution < 1.29 is 28.4 Å². The zero-order chi connectivity index (χ0) is 22.4. The smallest absolute Gasteiger partial charge is 0.465 e.